The van der Waals surface area contributed by atoms with Gasteiger partial charge in [-0.15, -0.1) is 0 Å². The summed E-state index contributed by atoms with van der Waals surface area (Å²) in [4.78, 5) is 15.4. The molecular formula is C16H15N3O. The second-order valence-corrected chi connectivity index (χ2v) is 5.02. The van der Waals surface area contributed by atoms with Crippen molar-refractivity contribution in [2.75, 3.05) is 20.1 Å². The minimum absolute atomic E-state index is 0.00181. The number of fused-ring (bicyclic) bond motifs is 1. The predicted octanol–water partition coefficient (Wildman–Crippen LogP) is 2.77. The molecule has 4 heteroatoms. The number of amides is 2. The van der Waals surface area contributed by atoms with Gasteiger partial charge in [0.15, 0.2) is 0 Å². The van der Waals surface area contributed by atoms with Gasteiger partial charge >= 0.3 is 6.03 Å². The fourth-order valence-corrected chi connectivity index (χ4v) is 2.83. The minimum Gasteiger partial charge on any atom is -0.319 e. The Bertz CT molecular complexity index is 699. The fourth-order valence-electron chi connectivity index (χ4n) is 2.83. The summed E-state index contributed by atoms with van der Waals surface area (Å²) in [7, 11) is 1.80. The number of carbonyl (C=O) groups excluding carboxylic acids is 1. The molecule has 1 heterocycles. The van der Waals surface area contributed by atoms with Gasteiger partial charge in [-0.3, -0.25) is 0 Å². The molecule has 1 atom stereocenters. The molecule has 1 aliphatic rings. The highest BCUT2D eigenvalue weighted by molar-refractivity contribution is 5.87. The topological polar surface area (TPSA) is 47.3 Å². The van der Waals surface area contributed by atoms with Crippen molar-refractivity contribution >= 4 is 16.8 Å². The smallest absolute Gasteiger partial charge is 0.319 e. The third-order valence-electron chi connectivity index (χ3n) is 3.88. The van der Waals surface area contributed by atoms with E-state index in [2.05, 4.69) is 24.3 Å². The van der Waals surface area contributed by atoms with E-state index in [0.717, 1.165) is 5.56 Å². The lowest BCUT2D eigenvalue weighted by atomic mass is 9.98. The molecule has 4 nitrogen and oxygen atoms in total. The number of benzene rings is 2. The maximum atomic E-state index is 12.1. The van der Waals surface area contributed by atoms with Crippen LogP contribution in [0.2, 0.25) is 0 Å². The van der Waals surface area contributed by atoms with Gasteiger partial charge in [-0.05, 0) is 16.3 Å². The molecule has 100 valence electrons. The molecule has 2 aromatic carbocycles. The molecule has 1 fully saturated rings. The van der Waals surface area contributed by atoms with Crippen molar-refractivity contribution in [2.45, 2.75) is 6.04 Å². The maximum absolute atomic E-state index is 12.1. The third-order valence-corrected chi connectivity index (χ3v) is 3.88. The lowest BCUT2D eigenvalue weighted by molar-refractivity contribution is 0.199. The van der Waals surface area contributed by atoms with E-state index in [1.807, 2.05) is 24.3 Å². The number of likely N-dealkylation sites (N-methyl/N-ethyl adjacent to an activating group) is 1. The van der Waals surface area contributed by atoms with E-state index in [9.17, 15) is 4.79 Å². The Morgan fingerprint density at radius 2 is 2.00 bits per heavy atom. The van der Waals surface area contributed by atoms with Crippen LogP contribution in [0.5, 0.6) is 0 Å². The first-order valence-electron chi connectivity index (χ1n) is 6.58. The number of nitrogens with zero attached hydrogens (tertiary/aromatic N) is 3. The summed E-state index contributed by atoms with van der Waals surface area (Å²) in [6.45, 7) is 0.710. The van der Waals surface area contributed by atoms with Crippen LogP contribution < -0.4 is 0 Å². The van der Waals surface area contributed by atoms with E-state index in [1.54, 1.807) is 16.8 Å². The molecule has 0 radical (unpaired) electrons. The Morgan fingerprint density at radius 3 is 2.80 bits per heavy atom. The van der Waals surface area contributed by atoms with E-state index in [1.165, 1.54) is 10.8 Å². The Hall–Kier alpha value is -2.54. The van der Waals surface area contributed by atoms with Crippen LogP contribution in [-0.2, 0) is 0 Å². The largest absolute Gasteiger partial charge is 0.321 e. The maximum Gasteiger partial charge on any atom is 0.321 e. The molecule has 0 saturated carbocycles. The zero-order chi connectivity index (χ0) is 14.1. The summed E-state index contributed by atoms with van der Waals surface area (Å²) in [6.07, 6.45) is 0. The lowest BCUT2D eigenvalue weighted by Gasteiger charge is -2.19. The molecule has 2 amide bonds. The van der Waals surface area contributed by atoms with Gasteiger partial charge in [0, 0.05) is 13.6 Å². The highest BCUT2D eigenvalue weighted by Crippen LogP contribution is 2.32. The first kappa shape index (κ1) is 12.5. The SMILES string of the molecule is CN1C(=O)N(CC#N)CC1c1cccc2ccccc12. The first-order chi connectivity index (χ1) is 9.72. The number of hydrogen-bond acceptors (Lipinski definition) is 2. The monoisotopic (exact) mass is 265 g/mol. The highest BCUT2D eigenvalue weighted by atomic mass is 16.2. The molecule has 1 saturated heterocycles. The van der Waals surface area contributed by atoms with Gasteiger partial charge in [-0.1, -0.05) is 42.5 Å². The summed E-state index contributed by atoms with van der Waals surface area (Å²) < 4.78 is 0. The van der Waals surface area contributed by atoms with Gasteiger partial charge in [0.05, 0.1) is 12.1 Å². The zero-order valence-corrected chi connectivity index (χ0v) is 11.3. The molecule has 3 rings (SSSR count). The highest BCUT2D eigenvalue weighted by Gasteiger charge is 2.35. The molecule has 0 N–H and O–H groups in total. The van der Waals surface area contributed by atoms with Gasteiger partial charge in [0.2, 0.25) is 0 Å². The number of nitriles is 1. The van der Waals surface area contributed by atoms with Crippen molar-refractivity contribution in [2.24, 2.45) is 0 Å². The average molecular weight is 265 g/mol. The Kier molecular flexibility index (Phi) is 3.03. The molecule has 0 bridgehead atoms. The summed E-state index contributed by atoms with van der Waals surface area (Å²) in [5.74, 6) is 0. The van der Waals surface area contributed by atoms with Gasteiger partial charge in [-0.2, -0.15) is 5.26 Å². The first-order valence-corrected chi connectivity index (χ1v) is 6.58. The second-order valence-electron chi connectivity index (χ2n) is 5.02. The molecule has 1 aliphatic heterocycles. The average Bonchev–Trinajstić information content (AvgIpc) is 2.76. The van der Waals surface area contributed by atoms with Crippen LogP contribution in [0.4, 0.5) is 4.79 Å². The summed E-state index contributed by atoms with van der Waals surface area (Å²) in [6, 6.07) is 16.3. The molecule has 0 aliphatic carbocycles. The van der Waals surface area contributed by atoms with E-state index < -0.39 is 0 Å². The second kappa shape index (κ2) is 4.86. The van der Waals surface area contributed by atoms with E-state index in [4.69, 9.17) is 5.26 Å². The van der Waals surface area contributed by atoms with Crippen molar-refractivity contribution in [3.63, 3.8) is 0 Å². The number of carbonyl (C=O) groups is 1. The Balaban J connectivity index is 2.04. The van der Waals surface area contributed by atoms with Crippen molar-refractivity contribution in [1.82, 2.24) is 9.80 Å². The molecular weight excluding hydrogens is 250 g/mol. The fraction of sp³-hybridized carbons (Fsp3) is 0.250. The normalized spacial score (nSPS) is 18.6. The van der Waals surface area contributed by atoms with E-state index in [0.29, 0.717) is 6.54 Å². The molecule has 0 spiro atoms. The Labute approximate surface area is 117 Å². The van der Waals surface area contributed by atoms with E-state index in [-0.39, 0.29) is 18.6 Å². The van der Waals surface area contributed by atoms with Crippen LogP contribution in [0.3, 0.4) is 0 Å². The summed E-state index contributed by atoms with van der Waals surface area (Å²) >= 11 is 0. The van der Waals surface area contributed by atoms with Crippen LogP contribution >= 0.6 is 0 Å². The molecule has 1 unspecified atom stereocenters. The summed E-state index contributed by atoms with van der Waals surface area (Å²) in [5.41, 5.74) is 1.14. The van der Waals surface area contributed by atoms with Gasteiger partial charge in [0.25, 0.3) is 0 Å². The predicted molar refractivity (Wildman–Crippen MR) is 77.0 cm³/mol. The van der Waals surface area contributed by atoms with Gasteiger partial charge in [0.1, 0.15) is 6.54 Å². The number of hydrogen-bond donors (Lipinski definition) is 0. The van der Waals surface area contributed by atoms with E-state index >= 15 is 0 Å². The molecule has 2 aromatic rings. The summed E-state index contributed by atoms with van der Waals surface area (Å²) in [5, 5.41) is 11.1. The van der Waals surface area contributed by atoms with Crippen molar-refractivity contribution < 1.29 is 4.79 Å². The van der Waals surface area contributed by atoms with Crippen molar-refractivity contribution in [1.29, 1.82) is 5.26 Å². The van der Waals surface area contributed by atoms with Gasteiger partial charge < -0.3 is 9.80 Å². The van der Waals surface area contributed by atoms with Crippen molar-refractivity contribution in [3.8, 4) is 6.07 Å². The van der Waals surface area contributed by atoms with Crippen LogP contribution in [-0.4, -0.2) is 36.0 Å². The van der Waals surface area contributed by atoms with Crippen LogP contribution in [0.15, 0.2) is 42.5 Å². The molecule has 0 aromatic heterocycles. The lowest BCUT2D eigenvalue weighted by Crippen LogP contribution is -2.29. The van der Waals surface area contributed by atoms with Gasteiger partial charge in [-0.25, -0.2) is 4.79 Å². The van der Waals surface area contributed by atoms with Crippen LogP contribution in [0, 0.1) is 11.3 Å². The number of urea groups is 1. The Morgan fingerprint density at radius 1 is 1.25 bits per heavy atom. The zero-order valence-electron chi connectivity index (χ0n) is 11.3. The van der Waals surface area contributed by atoms with Crippen LogP contribution in [0.25, 0.3) is 10.8 Å². The quantitative estimate of drug-likeness (QED) is 0.784. The number of rotatable bonds is 2. The minimum atomic E-state index is -0.0792. The third kappa shape index (κ3) is 1.88. The standard InChI is InChI=1S/C16H15N3O/c1-18-15(11-19(10-9-17)16(18)20)14-8-4-6-12-5-2-3-7-13(12)14/h2-8,15H,10-11H2,1H3. The van der Waals surface area contributed by atoms with Crippen molar-refractivity contribution in [3.05, 3.63) is 48.0 Å². The molecule has 20 heavy (non-hydrogen) atoms. The van der Waals surface area contributed by atoms with Crippen LogP contribution in [0.1, 0.15) is 11.6 Å².